The van der Waals surface area contributed by atoms with E-state index in [4.69, 9.17) is 14.5 Å². The summed E-state index contributed by atoms with van der Waals surface area (Å²) in [6.07, 6.45) is 29.4. The third-order valence-electron chi connectivity index (χ3n) is 24.4. The van der Waals surface area contributed by atoms with Gasteiger partial charge in [-0.2, -0.15) is 0 Å². The summed E-state index contributed by atoms with van der Waals surface area (Å²) in [5.74, 6) is 3.01. The van der Waals surface area contributed by atoms with E-state index in [1.54, 1.807) is 17.9 Å². The van der Waals surface area contributed by atoms with Crippen LogP contribution in [0.5, 0.6) is 0 Å². The number of nitrogens with zero attached hydrogens (tertiary/aromatic N) is 4. The van der Waals surface area contributed by atoms with E-state index in [-0.39, 0.29) is 66.6 Å². The number of amides is 6. The van der Waals surface area contributed by atoms with Crippen molar-refractivity contribution in [1.82, 2.24) is 20.1 Å². The zero-order valence-electron chi connectivity index (χ0n) is 92.2. The van der Waals surface area contributed by atoms with Crippen molar-refractivity contribution in [1.29, 1.82) is 0 Å². The lowest BCUT2D eigenvalue weighted by atomic mass is 10.00. The van der Waals surface area contributed by atoms with Gasteiger partial charge in [-0.25, -0.2) is 14.4 Å². The Labute approximate surface area is 863 Å². The molecule has 11 rings (SSSR count). The van der Waals surface area contributed by atoms with Crippen molar-refractivity contribution in [2.45, 2.75) is 359 Å². The molecule has 1 N–H and O–H groups in total. The molecule has 143 heavy (non-hydrogen) atoms. The first-order valence-corrected chi connectivity index (χ1v) is 53.3. The Kier molecular flexibility index (Phi) is 61.9. The first kappa shape index (κ1) is 126. The number of hydroxylamine groups is 6. The van der Waals surface area contributed by atoms with E-state index in [1.807, 2.05) is 71.0 Å². The lowest BCUT2D eigenvalue weighted by Crippen LogP contribution is -2.33. The molecule has 1 unspecified atom stereocenters. The average Bonchev–Trinajstić information content (AvgIpc) is 1.69. The minimum absolute atomic E-state index is 0.0323. The van der Waals surface area contributed by atoms with Crippen LogP contribution in [0, 0.1) is 66.1 Å². The Morgan fingerprint density at radius 2 is 0.643 bits per heavy atom. The summed E-state index contributed by atoms with van der Waals surface area (Å²) in [6.45, 7) is 63.1. The second-order valence-corrected chi connectivity index (χ2v) is 42.1. The van der Waals surface area contributed by atoms with Crippen molar-refractivity contribution in [2.75, 3.05) is 11.9 Å². The number of nitrogens with one attached hydrogen (secondary N) is 1. The van der Waals surface area contributed by atoms with Crippen molar-refractivity contribution in [3.05, 3.63) is 291 Å². The number of anilines is 1. The number of hydrogen-bond acceptors (Lipinski definition) is 13. The molecular weight excluding hydrogens is 1780 g/mol. The lowest BCUT2D eigenvalue weighted by Gasteiger charge is -2.16. The molecule has 7 aromatic rings. The molecule has 0 bridgehead atoms. The number of allylic oxidation sites excluding steroid dienone is 3. The predicted molar refractivity (Wildman–Crippen MR) is 589 cm³/mol. The Morgan fingerprint density at radius 3 is 0.916 bits per heavy atom. The standard InChI is InChI=1S/C20H26N2O2.C18H23NO3.C16H24O.3C13H20.C12H18.C10H15NO4.C10H15NO3/c1-15(2)6-8-17-9-11-18(12-10-17)21-19(23)5-4-14-22-16(3)7-13-20(22)24;1-13(2)4-6-15-7-9-16(10-8-15)12-18(21)22-19-14(3)5-11-17(19)20;1-4-16(17)12-11-15-9-7-14(8-10-15)6-5-13(2)3;3*1-4-12-7-9-13(10-8-12)6-5-11(2)3;1-10(2)4-7-12-8-5-11(3)6-9-12;1-6(2)4-9(13)15-11-8(12)5-7(3)10(11)14;1-7(2)6-10(13)14-11-8(3)4-5-9(11)12/h7,9-13,15H,3-6,8,14H2,1-2H3,(H,21,23);7-10,13H,3-6,11-12H2,1-2H3;7-10,13H,4-6,11-12H2,1-3H3;3*7-11H,4-6H2,1-3H3;5-6,8-10H,4,7H2,1-3H3;6-7H,4-5H2,1-3H3;7H,3-6H2,1-2H3. The Hall–Kier alpha value is -11.4. The number of carbonyl (C=O) groups is 10. The molecular formula is C125H181N5O13. The van der Waals surface area contributed by atoms with Gasteiger partial charge in [0, 0.05) is 68.4 Å². The summed E-state index contributed by atoms with van der Waals surface area (Å²) >= 11 is 0. The Balaban J connectivity index is 0.000000418. The van der Waals surface area contributed by atoms with Crippen molar-refractivity contribution in [3.8, 4) is 0 Å². The number of carbonyl (C=O) groups excluding carboxylic acids is 10. The van der Waals surface area contributed by atoms with Crippen LogP contribution in [-0.2, 0) is 140 Å². The molecule has 18 heteroatoms. The monoisotopic (exact) mass is 1960 g/mol. The fraction of sp³-hybridized carbons (Fsp3) is 0.520. The third-order valence-corrected chi connectivity index (χ3v) is 24.4. The van der Waals surface area contributed by atoms with Gasteiger partial charge in [0.05, 0.1) is 30.7 Å². The summed E-state index contributed by atoms with van der Waals surface area (Å²) in [4.78, 5) is 131. The molecule has 0 radical (unpaired) electrons. The number of hydrogen-bond donors (Lipinski definition) is 1. The van der Waals surface area contributed by atoms with Gasteiger partial charge in [-0.05, 0) is 280 Å². The number of benzene rings is 7. The second-order valence-electron chi connectivity index (χ2n) is 42.1. The van der Waals surface area contributed by atoms with Crippen molar-refractivity contribution in [3.63, 3.8) is 0 Å². The van der Waals surface area contributed by atoms with E-state index in [1.165, 1.54) is 137 Å². The van der Waals surface area contributed by atoms with E-state index in [0.717, 1.165) is 102 Å². The molecule has 0 aliphatic carbocycles. The highest BCUT2D eigenvalue weighted by Gasteiger charge is 2.39. The molecule has 0 aromatic heterocycles. The van der Waals surface area contributed by atoms with Crippen molar-refractivity contribution in [2.24, 2.45) is 59.2 Å². The fourth-order valence-corrected chi connectivity index (χ4v) is 14.6. The smallest absolute Gasteiger partial charge is 0.334 e. The molecule has 4 heterocycles. The van der Waals surface area contributed by atoms with Crippen LogP contribution in [0.25, 0.3) is 0 Å². The number of aryl methyl sites for hydroxylation is 12. The van der Waals surface area contributed by atoms with E-state index >= 15 is 0 Å². The summed E-state index contributed by atoms with van der Waals surface area (Å²) in [5.41, 5.74) is 20.3. The topological polar surface area (TPSA) is 223 Å². The Bertz CT molecular complexity index is 4780. The second kappa shape index (κ2) is 70.3. The quantitative estimate of drug-likeness (QED) is 0.0352. The van der Waals surface area contributed by atoms with Crippen LogP contribution in [0.4, 0.5) is 5.69 Å². The maximum atomic E-state index is 12.0. The zero-order valence-corrected chi connectivity index (χ0v) is 92.2. The third kappa shape index (κ3) is 56.5. The highest BCUT2D eigenvalue weighted by Crippen LogP contribution is 2.27. The summed E-state index contributed by atoms with van der Waals surface area (Å²) in [7, 11) is 0. The molecule has 3 fully saturated rings. The number of imide groups is 1. The molecule has 7 aromatic carbocycles. The predicted octanol–water partition coefficient (Wildman–Crippen LogP) is 29.1. The highest BCUT2D eigenvalue weighted by molar-refractivity contribution is 6.03. The zero-order chi connectivity index (χ0) is 107. The van der Waals surface area contributed by atoms with E-state index in [2.05, 4.69) is 283 Å². The van der Waals surface area contributed by atoms with Crippen LogP contribution in [0.3, 0.4) is 0 Å². The van der Waals surface area contributed by atoms with Gasteiger partial charge >= 0.3 is 17.9 Å². The van der Waals surface area contributed by atoms with Crippen LogP contribution < -0.4 is 5.32 Å². The molecule has 6 amide bonds. The SMILES string of the molecule is C=C1C=CC(=O)N1CCCC(=O)Nc1ccc(CCC(C)C)cc1.C=C1CCC(=O)N1OC(=O)CC(C)C.C=C1CCC(=O)N1OC(=O)Cc1ccc(CCC(C)C)cc1.CC(C)CC(=O)ON1C(=O)CC(C)C1=O.CCC(=O)CCc1ccc(CCC(C)C)cc1.CCc1ccc(CCC(C)C)cc1.CCc1ccc(CCC(C)C)cc1.CCc1ccc(CCC(C)C)cc1.Cc1ccc(CCC(C)C)cc1. The molecule has 4 aliphatic rings. The van der Waals surface area contributed by atoms with Gasteiger partial charge in [0.25, 0.3) is 29.5 Å². The van der Waals surface area contributed by atoms with Crippen LogP contribution in [-0.4, -0.2) is 85.8 Å². The summed E-state index contributed by atoms with van der Waals surface area (Å²) in [6, 6.07) is 60.7. The van der Waals surface area contributed by atoms with Crippen LogP contribution in [0.1, 0.15) is 347 Å². The molecule has 3 saturated heterocycles. The van der Waals surface area contributed by atoms with E-state index in [9.17, 15) is 47.9 Å². The normalized spacial score (nSPS) is 13.6. The minimum Gasteiger partial charge on any atom is -0.334 e. The first-order valence-electron chi connectivity index (χ1n) is 53.3. The van der Waals surface area contributed by atoms with Gasteiger partial charge in [0.15, 0.2) is 0 Å². The lowest BCUT2D eigenvalue weighted by molar-refractivity contribution is -0.198. The summed E-state index contributed by atoms with van der Waals surface area (Å²) < 4.78 is 0. The van der Waals surface area contributed by atoms with Crippen LogP contribution >= 0.6 is 0 Å². The highest BCUT2D eigenvalue weighted by atomic mass is 16.7. The van der Waals surface area contributed by atoms with E-state index in [0.29, 0.717) is 104 Å². The van der Waals surface area contributed by atoms with Gasteiger partial charge in [0.2, 0.25) is 5.91 Å². The maximum Gasteiger partial charge on any atom is 0.337 e. The van der Waals surface area contributed by atoms with Gasteiger partial charge in [-0.1, -0.05) is 342 Å². The van der Waals surface area contributed by atoms with Crippen LogP contribution in [0.15, 0.2) is 219 Å². The van der Waals surface area contributed by atoms with Crippen LogP contribution in [0.2, 0.25) is 0 Å². The molecule has 18 nitrogen and oxygen atoms in total. The van der Waals surface area contributed by atoms with Crippen molar-refractivity contribution < 1.29 is 62.5 Å². The van der Waals surface area contributed by atoms with Gasteiger partial charge in [-0.3, -0.25) is 33.6 Å². The number of Topliss-reactive ketones (excluding diaryl/α,β-unsaturated/α-hetero) is 1. The fourth-order valence-electron chi connectivity index (χ4n) is 14.6. The largest absolute Gasteiger partial charge is 0.337 e. The summed E-state index contributed by atoms with van der Waals surface area (Å²) in [5, 5.41) is 5.54. The van der Waals surface area contributed by atoms with Gasteiger partial charge < -0.3 is 24.7 Å². The van der Waals surface area contributed by atoms with Gasteiger partial charge in [-0.15, -0.1) is 15.2 Å². The maximum absolute atomic E-state index is 12.0. The molecule has 0 spiro atoms. The van der Waals surface area contributed by atoms with Crippen molar-refractivity contribution >= 4 is 64.8 Å². The minimum atomic E-state index is -0.541. The molecule has 4 aliphatic heterocycles. The Morgan fingerprint density at radius 1 is 0.350 bits per heavy atom. The molecule has 1 atom stereocenters. The van der Waals surface area contributed by atoms with E-state index < -0.39 is 23.8 Å². The number of rotatable bonds is 42. The average molecular weight is 1960 g/mol. The molecule has 0 saturated carbocycles. The number of ketones is 1. The first-order chi connectivity index (χ1) is 67.8. The van der Waals surface area contributed by atoms with Gasteiger partial charge in [0.1, 0.15) is 5.78 Å². The molecule has 784 valence electrons.